The minimum absolute atomic E-state index is 0.149. The number of carbonyl (C=O) groups is 1. The molecule has 0 radical (unpaired) electrons. The van der Waals surface area contributed by atoms with E-state index in [0.29, 0.717) is 42.0 Å². The summed E-state index contributed by atoms with van der Waals surface area (Å²) in [6, 6.07) is 7.44. The van der Waals surface area contributed by atoms with E-state index in [-0.39, 0.29) is 12.5 Å². The number of methoxy groups -OCH3 is 1. The smallest absolute Gasteiger partial charge is 0.254 e. The summed E-state index contributed by atoms with van der Waals surface area (Å²) in [5, 5.41) is 6.45. The molecule has 2 N–H and O–H groups in total. The monoisotopic (exact) mass is 371 g/mol. The molecule has 27 heavy (non-hydrogen) atoms. The van der Waals surface area contributed by atoms with Crippen LogP contribution in [0.5, 0.6) is 5.75 Å². The second-order valence-corrected chi connectivity index (χ2v) is 6.86. The highest BCUT2D eigenvalue weighted by molar-refractivity contribution is 5.95. The predicted molar refractivity (Wildman–Crippen MR) is 100 cm³/mol. The zero-order chi connectivity index (χ0) is 18.8. The number of nitrogens with zero attached hydrogens (tertiary/aromatic N) is 3. The Labute approximate surface area is 157 Å². The fourth-order valence-electron chi connectivity index (χ4n) is 3.07. The van der Waals surface area contributed by atoms with E-state index < -0.39 is 6.17 Å². The first-order valence-electron chi connectivity index (χ1n) is 9.10. The Morgan fingerprint density at radius 2 is 2.15 bits per heavy atom. The number of carbonyl (C=O) groups excluding carboxylic acids is 1. The van der Waals surface area contributed by atoms with E-state index in [0.717, 1.165) is 18.7 Å². The summed E-state index contributed by atoms with van der Waals surface area (Å²) in [7, 11) is 1.54. The summed E-state index contributed by atoms with van der Waals surface area (Å²) in [6.45, 7) is 0.590. The van der Waals surface area contributed by atoms with E-state index in [1.807, 2.05) is 6.07 Å². The summed E-state index contributed by atoms with van der Waals surface area (Å²) in [4.78, 5) is 22.7. The topological polar surface area (TPSA) is 79.4 Å². The molecule has 0 unspecified atom stereocenters. The number of ether oxygens (including phenoxy) is 1. The van der Waals surface area contributed by atoms with E-state index in [4.69, 9.17) is 4.74 Å². The summed E-state index contributed by atoms with van der Waals surface area (Å²) < 4.78 is 18.8. The molecule has 1 aliphatic carbocycles. The minimum atomic E-state index is -0.939. The second kappa shape index (κ2) is 7.38. The van der Waals surface area contributed by atoms with Gasteiger partial charge >= 0.3 is 0 Å². The number of nitrogens with one attached hydrogen (secondary N) is 2. The number of rotatable bonds is 6. The molecule has 2 aliphatic rings. The number of halogens is 1. The van der Waals surface area contributed by atoms with Crippen LogP contribution in [0.15, 0.2) is 30.5 Å². The van der Waals surface area contributed by atoms with Gasteiger partial charge in [0.25, 0.3) is 5.91 Å². The van der Waals surface area contributed by atoms with Crippen molar-refractivity contribution in [3.63, 3.8) is 0 Å². The molecule has 1 saturated carbocycles. The number of anilines is 3. The van der Waals surface area contributed by atoms with Crippen LogP contribution in [0, 0.1) is 0 Å². The van der Waals surface area contributed by atoms with Gasteiger partial charge in [-0.25, -0.2) is 9.37 Å². The van der Waals surface area contributed by atoms with E-state index in [2.05, 4.69) is 20.6 Å². The van der Waals surface area contributed by atoms with E-state index in [1.54, 1.807) is 24.4 Å². The second-order valence-electron chi connectivity index (χ2n) is 6.86. The highest BCUT2D eigenvalue weighted by Crippen LogP contribution is 2.29. The Morgan fingerprint density at radius 1 is 1.30 bits per heavy atom. The summed E-state index contributed by atoms with van der Waals surface area (Å²) in [6.07, 6.45) is 3.47. The fourth-order valence-corrected chi connectivity index (χ4v) is 3.07. The highest BCUT2D eigenvalue weighted by atomic mass is 19.1. The van der Waals surface area contributed by atoms with Gasteiger partial charge in [0.15, 0.2) is 0 Å². The molecule has 2 aromatic rings. The van der Waals surface area contributed by atoms with Gasteiger partial charge in [0.05, 0.1) is 19.3 Å². The van der Waals surface area contributed by atoms with Gasteiger partial charge in [-0.2, -0.15) is 4.98 Å². The van der Waals surface area contributed by atoms with Gasteiger partial charge in [-0.1, -0.05) is 0 Å². The largest absolute Gasteiger partial charge is 0.495 e. The van der Waals surface area contributed by atoms with E-state index in [9.17, 15) is 9.18 Å². The molecule has 4 rings (SSSR count). The lowest BCUT2D eigenvalue weighted by atomic mass is 10.1. The quantitative estimate of drug-likeness (QED) is 0.813. The third-order valence-corrected chi connectivity index (χ3v) is 4.70. The van der Waals surface area contributed by atoms with Crippen LogP contribution in [0.4, 0.5) is 21.8 Å². The number of benzene rings is 1. The van der Waals surface area contributed by atoms with Crippen molar-refractivity contribution in [3.05, 3.63) is 36.0 Å². The summed E-state index contributed by atoms with van der Waals surface area (Å²) >= 11 is 0. The molecule has 142 valence electrons. The first-order chi connectivity index (χ1) is 13.1. The van der Waals surface area contributed by atoms with Gasteiger partial charge in [0, 0.05) is 24.3 Å². The lowest BCUT2D eigenvalue weighted by Crippen LogP contribution is -2.28. The summed E-state index contributed by atoms with van der Waals surface area (Å²) in [5.74, 6) is 1.53. The number of aromatic nitrogens is 2. The van der Waals surface area contributed by atoms with Crippen LogP contribution in [0.2, 0.25) is 0 Å². The van der Waals surface area contributed by atoms with Crippen molar-refractivity contribution in [2.24, 2.45) is 0 Å². The number of likely N-dealkylation sites (tertiary alicyclic amines) is 1. The Bertz CT molecular complexity index is 843. The summed E-state index contributed by atoms with van der Waals surface area (Å²) in [5.41, 5.74) is 1.12. The van der Waals surface area contributed by atoms with Crippen molar-refractivity contribution in [3.8, 4) is 5.75 Å². The molecule has 2 heterocycles. The number of hydrogen-bond donors (Lipinski definition) is 2. The van der Waals surface area contributed by atoms with Crippen molar-refractivity contribution < 1.29 is 13.9 Å². The maximum absolute atomic E-state index is 13.4. The Morgan fingerprint density at radius 3 is 2.85 bits per heavy atom. The number of hydrogen-bond acceptors (Lipinski definition) is 6. The van der Waals surface area contributed by atoms with Crippen LogP contribution in [-0.4, -0.2) is 53.2 Å². The van der Waals surface area contributed by atoms with Crippen LogP contribution in [0.3, 0.4) is 0 Å². The average Bonchev–Trinajstić information content (AvgIpc) is 3.38. The molecule has 1 saturated heterocycles. The number of amides is 1. The van der Waals surface area contributed by atoms with Gasteiger partial charge in [-0.05, 0) is 43.5 Å². The van der Waals surface area contributed by atoms with Crippen LogP contribution in [0.1, 0.15) is 29.6 Å². The Balaban J connectivity index is 1.50. The van der Waals surface area contributed by atoms with Gasteiger partial charge in [0.1, 0.15) is 17.7 Å². The molecule has 2 fully saturated rings. The third-order valence-electron chi connectivity index (χ3n) is 4.70. The SMILES string of the molecule is COc1cc(C(=O)N2CC[C@H](F)C2)ccc1Nc1nccc(NC2CC2)n1. The van der Waals surface area contributed by atoms with E-state index in [1.165, 1.54) is 12.0 Å². The molecular weight excluding hydrogens is 349 g/mol. The lowest BCUT2D eigenvalue weighted by Gasteiger charge is -2.17. The lowest BCUT2D eigenvalue weighted by molar-refractivity contribution is 0.0782. The average molecular weight is 371 g/mol. The molecule has 8 heteroatoms. The fraction of sp³-hybridized carbons (Fsp3) is 0.421. The van der Waals surface area contributed by atoms with Gasteiger partial charge in [0.2, 0.25) is 5.95 Å². The molecule has 0 bridgehead atoms. The van der Waals surface area contributed by atoms with Crippen molar-refractivity contribution in [1.29, 1.82) is 0 Å². The van der Waals surface area contributed by atoms with Crippen LogP contribution < -0.4 is 15.4 Å². The predicted octanol–water partition coefficient (Wildman–Crippen LogP) is 2.99. The highest BCUT2D eigenvalue weighted by Gasteiger charge is 2.27. The maximum Gasteiger partial charge on any atom is 0.254 e. The van der Waals surface area contributed by atoms with Crippen LogP contribution >= 0.6 is 0 Å². The maximum atomic E-state index is 13.4. The van der Waals surface area contributed by atoms with Crippen LogP contribution in [0.25, 0.3) is 0 Å². The van der Waals surface area contributed by atoms with Crippen molar-refractivity contribution in [2.45, 2.75) is 31.5 Å². The first kappa shape index (κ1) is 17.5. The molecule has 0 spiro atoms. The standard InChI is InChI=1S/C19H22FN5O2/c1-27-16-10-12(18(26)25-9-7-13(20)11-25)2-5-15(16)23-19-21-8-6-17(24-19)22-14-3-4-14/h2,5-6,8,10,13-14H,3-4,7,9,11H2,1H3,(H2,21,22,23,24)/t13-/m0/s1. The minimum Gasteiger partial charge on any atom is -0.495 e. The molecular formula is C19H22FN5O2. The Kier molecular flexibility index (Phi) is 4.79. The molecule has 1 aromatic carbocycles. The Hall–Kier alpha value is -2.90. The van der Waals surface area contributed by atoms with Gasteiger partial charge < -0.3 is 20.3 Å². The molecule has 7 nitrogen and oxygen atoms in total. The van der Waals surface area contributed by atoms with Crippen molar-refractivity contribution in [1.82, 2.24) is 14.9 Å². The normalized spacial score (nSPS) is 19.0. The van der Waals surface area contributed by atoms with Gasteiger partial charge in [-0.15, -0.1) is 0 Å². The molecule has 1 aromatic heterocycles. The molecule has 1 aliphatic heterocycles. The molecule has 1 amide bonds. The van der Waals surface area contributed by atoms with Gasteiger partial charge in [-0.3, -0.25) is 4.79 Å². The number of alkyl halides is 1. The zero-order valence-electron chi connectivity index (χ0n) is 15.1. The van der Waals surface area contributed by atoms with Crippen molar-refractivity contribution in [2.75, 3.05) is 30.8 Å². The zero-order valence-corrected chi connectivity index (χ0v) is 15.1. The molecule has 1 atom stereocenters. The first-order valence-corrected chi connectivity index (χ1v) is 9.10. The van der Waals surface area contributed by atoms with Crippen molar-refractivity contribution >= 4 is 23.4 Å². The van der Waals surface area contributed by atoms with Crippen LogP contribution in [-0.2, 0) is 0 Å². The van der Waals surface area contributed by atoms with E-state index >= 15 is 0 Å². The third kappa shape index (κ3) is 4.10.